The van der Waals surface area contributed by atoms with Crippen molar-refractivity contribution in [2.45, 2.75) is 63.6 Å². The number of nitrogens with one attached hydrogen (secondary N) is 3. The summed E-state index contributed by atoms with van der Waals surface area (Å²) in [5, 5.41) is 21.2. The summed E-state index contributed by atoms with van der Waals surface area (Å²) in [5.41, 5.74) is 5.26. The molecule has 1 unspecified atom stereocenters. The smallest absolute Gasteiger partial charge is 0.251 e. The molecule has 43 heavy (non-hydrogen) atoms. The molecule has 0 spiro atoms. The fraction of sp³-hybridized carbons (Fsp3) is 0.424. The zero-order chi connectivity index (χ0) is 29.5. The Hall–Kier alpha value is -3.11. The van der Waals surface area contributed by atoms with E-state index < -0.39 is 22.2 Å². The van der Waals surface area contributed by atoms with E-state index in [1.807, 2.05) is 37.3 Å². The summed E-state index contributed by atoms with van der Waals surface area (Å²) >= 11 is 0. The highest BCUT2D eigenvalue weighted by atomic mass is 35.5. The predicted molar refractivity (Wildman–Crippen MR) is 176 cm³/mol. The Morgan fingerprint density at radius 1 is 1.02 bits per heavy atom. The molecule has 3 aromatic rings. The molecule has 3 aromatic carbocycles. The van der Waals surface area contributed by atoms with Crippen LogP contribution in [0.2, 0.25) is 0 Å². The van der Waals surface area contributed by atoms with Crippen LogP contribution in [0, 0.1) is 0 Å². The highest BCUT2D eigenvalue weighted by Gasteiger charge is 2.29. The molecule has 1 amide bonds. The molecule has 5 rings (SSSR count). The highest BCUT2D eigenvalue weighted by molar-refractivity contribution is 7.92. The van der Waals surface area contributed by atoms with E-state index in [0.717, 1.165) is 31.2 Å². The largest absolute Gasteiger partial charge is 0.390 e. The second kappa shape index (κ2) is 15.1. The number of amides is 1. The van der Waals surface area contributed by atoms with Gasteiger partial charge in [0.25, 0.3) is 5.91 Å². The molecule has 4 N–H and O–H groups in total. The van der Waals surface area contributed by atoms with E-state index in [1.165, 1.54) is 15.4 Å². The van der Waals surface area contributed by atoms with Gasteiger partial charge >= 0.3 is 0 Å². The lowest BCUT2D eigenvalue weighted by molar-refractivity contribution is 0.0823. The molecule has 0 radical (unpaired) electrons. The van der Waals surface area contributed by atoms with Crippen LogP contribution < -0.4 is 20.3 Å². The fourth-order valence-corrected chi connectivity index (χ4v) is 7.60. The third-order valence-corrected chi connectivity index (χ3v) is 10.1. The van der Waals surface area contributed by atoms with Gasteiger partial charge in [-0.2, -0.15) is 0 Å². The minimum Gasteiger partial charge on any atom is -0.390 e. The van der Waals surface area contributed by atoms with Gasteiger partial charge in [0.05, 0.1) is 23.6 Å². The zero-order valence-electron chi connectivity index (χ0n) is 24.7. The number of benzene rings is 3. The molecule has 2 aliphatic rings. The first-order valence-corrected chi connectivity index (χ1v) is 16.7. The molecule has 8 nitrogen and oxygen atoms in total. The fourth-order valence-electron chi connectivity index (χ4n) is 5.98. The van der Waals surface area contributed by atoms with E-state index in [4.69, 9.17) is 0 Å². The van der Waals surface area contributed by atoms with Crippen LogP contribution in [0.1, 0.15) is 53.2 Å². The molecular weight excluding hydrogens is 584 g/mol. The van der Waals surface area contributed by atoms with Crippen molar-refractivity contribution < 1.29 is 18.3 Å². The minimum atomic E-state index is -3.44. The number of sulfonamides is 1. The lowest BCUT2D eigenvalue weighted by Gasteiger charge is -2.30. The van der Waals surface area contributed by atoms with Crippen molar-refractivity contribution in [1.29, 1.82) is 0 Å². The van der Waals surface area contributed by atoms with Crippen molar-refractivity contribution in [2.75, 3.05) is 35.0 Å². The Kier molecular flexibility index (Phi) is 11.5. The molecule has 10 heteroatoms. The van der Waals surface area contributed by atoms with Crippen LogP contribution in [0.5, 0.6) is 0 Å². The normalized spacial score (nSPS) is 18.9. The quantitative estimate of drug-likeness (QED) is 0.252. The Balaban J connectivity index is 0.00000423. The van der Waals surface area contributed by atoms with Gasteiger partial charge in [-0.1, -0.05) is 54.6 Å². The Labute approximate surface area is 261 Å². The number of hydrogen-bond acceptors (Lipinski definition) is 6. The van der Waals surface area contributed by atoms with Gasteiger partial charge in [-0.15, -0.1) is 12.4 Å². The van der Waals surface area contributed by atoms with Crippen molar-refractivity contribution in [3.63, 3.8) is 0 Å². The number of anilines is 2. The Morgan fingerprint density at radius 3 is 2.51 bits per heavy atom. The average molecular weight is 627 g/mol. The molecule has 1 heterocycles. The van der Waals surface area contributed by atoms with Crippen molar-refractivity contribution >= 4 is 39.7 Å². The number of halogens is 1. The maximum atomic E-state index is 13.7. The van der Waals surface area contributed by atoms with Crippen LogP contribution in [-0.4, -0.2) is 63.0 Å². The van der Waals surface area contributed by atoms with Crippen LogP contribution in [0.3, 0.4) is 0 Å². The summed E-state index contributed by atoms with van der Waals surface area (Å²) < 4.78 is 27.1. The van der Waals surface area contributed by atoms with Crippen LogP contribution in [0.4, 0.5) is 11.4 Å². The number of carbonyl (C=O) groups excluding carboxylic acids is 1. The van der Waals surface area contributed by atoms with E-state index >= 15 is 0 Å². The maximum Gasteiger partial charge on any atom is 0.251 e. The standard InChI is InChI=1S/C33H42N4O4S.ClH/c1-2-34-29-20-27(21-30(22-29)37-16-8-9-17-42(37,40)41)33(39)36-31(18-24-10-4-3-5-11-24)32(38)23-35-28-15-14-25-12-6-7-13-26(25)19-28;/h3-7,10-13,20-22,28,31-32,34-35,38H,2,8-9,14-19,23H2,1H3,(H,36,39);1H/t28?,31-,32+;/m0./s1. The van der Waals surface area contributed by atoms with Crippen LogP contribution in [0.15, 0.2) is 72.8 Å². The molecule has 0 saturated carbocycles. The van der Waals surface area contributed by atoms with Gasteiger partial charge < -0.3 is 21.1 Å². The molecule has 1 fully saturated rings. The molecule has 3 atom stereocenters. The minimum absolute atomic E-state index is 0. The predicted octanol–water partition coefficient (Wildman–Crippen LogP) is 4.32. The van der Waals surface area contributed by atoms with Gasteiger partial charge in [0.1, 0.15) is 0 Å². The molecule has 1 aliphatic heterocycles. The second-order valence-corrected chi connectivity index (χ2v) is 13.4. The first-order chi connectivity index (χ1) is 20.3. The van der Waals surface area contributed by atoms with Crippen molar-refractivity contribution in [2.24, 2.45) is 0 Å². The van der Waals surface area contributed by atoms with Crippen molar-refractivity contribution in [3.8, 4) is 0 Å². The SMILES string of the molecule is CCNc1cc(C(=O)N[C@@H](Cc2ccccc2)[C@H](O)CNC2CCc3ccccc3C2)cc(N2CCCCS2(=O)=O)c1.Cl. The number of fused-ring (bicyclic) bond motifs is 1. The third-order valence-electron chi connectivity index (χ3n) is 8.24. The summed E-state index contributed by atoms with van der Waals surface area (Å²) in [6, 6.07) is 23.2. The van der Waals surface area contributed by atoms with Gasteiger partial charge in [0, 0.05) is 36.9 Å². The molecule has 1 aliphatic carbocycles. The van der Waals surface area contributed by atoms with E-state index in [-0.39, 0.29) is 30.1 Å². The maximum absolute atomic E-state index is 13.7. The highest BCUT2D eigenvalue weighted by Crippen LogP contribution is 2.28. The number of hydrogen-bond donors (Lipinski definition) is 4. The summed E-state index contributed by atoms with van der Waals surface area (Å²) in [6.07, 6.45) is 3.97. The van der Waals surface area contributed by atoms with Crippen LogP contribution >= 0.6 is 12.4 Å². The van der Waals surface area contributed by atoms with E-state index in [9.17, 15) is 18.3 Å². The molecule has 1 saturated heterocycles. The lowest BCUT2D eigenvalue weighted by atomic mass is 9.88. The second-order valence-electron chi connectivity index (χ2n) is 11.3. The monoisotopic (exact) mass is 626 g/mol. The van der Waals surface area contributed by atoms with Gasteiger partial charge in [-0.25, -0.2) is 8.42 Å². The molecule has 0 bridgehead atoms. The number of carbonyl (C=O) groups is 1. The topological polar surface area (TPSA) is 111 Å². The van der Waals surface area contributed by atoms with E-state index in [1.54, 1.807) is 18.2 Å². The molecular formula is C33H43ClN4O4S. The summed E-state index contributed by atoms with van der Waals surface area (Å²) in [6.45, 7) is 3.32. The summed E-state index contributed by atoms with van der Waals surface area (Å²) in [7, 11) is -3.44. The van der Waals surface area contributed by atoms with E-state index in [0.29, 0.717) is 49.4 Å². The van der Waals surface area contributed by atoms with Gasteiger partial charge in [-0.05, 0) is 80.3 Å². The van der Waals surface area contributed by atoms with Gasteiger partial charge in [-0.3, -0.25) is 9.10 Å². The van der Waals surface area contributed by atoms with Crippen molar-refractivity contribution in [1.82, 2.24) is 10.6 Å². The first kappa shape index (κ1) is 32.8. The number of aliphatic hydroxyl groups excluding tert-OH is 1. The number of rotatable bonds is 11. The van der Waals surface area contributed by atoms with Crippen LogP contribution in [0.25, 0.3) is 0 Å². The first-order valence-electron chi connectivity index (χ1n) is 15.0. The average Bonchev–Trinajstić information content (AvgIpc) is 2.99. The van der Waals surface area contributed by atoms with E-state index in [2.05, 4.69) is 40.2 Å². The summed E-state index contributed by atoms with van der Waals surface area (Å²) in [5.74, 6) is -0.248. The number of nitrogens with zero attached hydrogens (tertiary/aromatic N) is 1. The Bertz CT molecular complexity index is 1470. The van der Waals surface area contributed by atoms with Crippen LogP contribution in [-0.2, 0) is 29.3 Å². The number of aliphatic hydroxyl groups is 1. The summed E-state index contributed by atoms with van der Waals surface area (Å²) in [4.78, 5) is 13.7. The van der Waals surface area contributed by atoms with Gasteiger partial charge in [0.15, 0.2) is 0 Å². The molecule has 0 aromatic heterocycles. The van der Waals surface area contributed by atoms with Crippen molar-refractivity contribution in [3.05, 3.63) is 95.1 Å². The Morgan fingerprint density at radius 2 is 1.77 bits per heavy atom. The molecule has 232 valence electrons. The zero-order valence-corrected chi connectivity index (χ0v) is 26.3. The van der Waals surface area contributed by atoms with Gasteiger partial charge in [0.2, 0.25) is 10.0 Å². The lowest BCUT2D eigenvalue weighted by Crippen LogP contribution is -2.50. The third kappa shape index (κ3) is 8.50. The number of aryl methyl sites for hydroxylation is 1.